The highest BCUT2D eigenvalue weighted by molar-refractivity contribution is 9.10. The van der Waals surface area contributed by atoms with Gasteiger partial charge < -0.3 is 10.1 Å². The third kappa shape index (κ3) is 2.80. The van der Waals surface area contributed by atoms with Crippen LogP contribution in [0.2, 0.25) is 0 Å². The average Bonchev–Trinajstić information content (AvgIpc) is 2.87. The number of halogens is 1. The van der Waals surface area contributed by atoms with Crippen molar-refractivity contribution in [3.63, 3.8) is 0 Å². The van der Waals surface area contributed by atoms with Crippen molar-refractivity contribution < 1.29 is 4.74 Å². The van der Waals surface area contributed by atoms with Gasteiger partial charge in [0.15, 0.2) is 0 Å². The molecule has 2 nitrogen and oxygen atoms in total. The zero-order chi connectivity index (χ0) is 15.0. The molecule has 0 saturated carbocycles. The van der Waals surface area contributed by atoms with E-state index < -0.39 is 0 Å². The maximum Gasteiger partial charge on any atom is 0.119 e. The van der Waals surface area contributed by atoms with E-state index in [2.05, 4.69) is 65.4 Å². The van der Waals surface area contributed by atoms with E-state index in [1.807, 2.05) is 0 Å². The largest absolute Gasteiger partial charge is 0.497 e. The third-order valence-corrected chi connectivity index (χ3v) is 5.46. The minimum atomic E-state index is 0.370. The van der Waals surface area contributed by atoms with Gasteiger partial charge in [0.25, 0.3) is 0 Å². The van der Waals surface area contributed by atoms with E-state index in [0.29, 0.717) is 6.04 Å². The number of fused-ring (bicyclic) bond motifs is 1. The SMILES string of the molecule is COc1ccc2c(c1)C(Nc1cc(C)c(Br)c(C)c1)CC2. The highest BCUT2D eigenvalue weighted by atomic mass is 79.9. The summed E-state index contributed by atoms with van der Waals surface area (Å²) >= 11 is 3.63. The van der Waals surface area contributed by atoms with Crippen LogP contribution in [0.15, 0.2) is 34.8 Å². The number of methoxy groups -OCH3 is 1. The lowest BCUT2D eigenvalue weighted by atomic mass is 10.1. The molecule has 0 radical (unpaired) electrons. The van der Waals surface area contributed by atoms with Gasteiger partial charge in [0.2, 0.25) is 0 Å². The number of nitrogens with one attached hydrogen (secondary N) is 1. The van der Waals surface area contributed by atoms with Crippen LogP contribution in [0.3, 0.4) is 0 Å². The molecule has 0 heterocycles. The molecule has 3 rings (SSSR count). The zero-order valence-corrected chi connectivity index (χ0v) is 14.3. The van der Waals surface area contributed by atoms with Gasteiger partial charge in [-0.15, -0.1) is 0 Å². The first-order valence-electron chi connectivity index (χ1n) is 7.28. The first kappa shape index (κ1) is 14.5. The second-order valence-electron chi connectivity index (χ2n) is 5.72. The molecule has 110 valence electrons. The Bertz CT molecular complexity index is 658. The second-order valence-corrected chi connectivity index (χ2v) is 6.52. The Kier molecular flexibility index (Phi) is 3.94. The van der Waals surface area contributed by atoms with E-state index in [0.717, 1.165) is 18.6 Å². The summed E-state index contributed by atoms with van der Waals surface area (Å²) in [5, 5.41) is 3.68. The van der Waals surface area contributed by atoms with Crippen molar-refractivity contribution in [2.24, 2.45) is 0 Å². The molecule has 1 aliphatic rings. The number of anilines is 1. The number of aryl methyl sites for hydroxylation is 3. The molecule has 3 heteroatoms. The summed E-state index contributed by atoms with van der Waals surface area (Å²) in [4.78, 5) is 0. The molecule has 21 heavy (non-hydrogen) atoms. The maximum atomic E-state index is 5.36. The lowest BCUT2D eigenvalue weighted by molar-refractivity contribution is 0.414. The number of benzene rings is 2. The first-order chi connectivity index (χ1) is 10.1. The molecule has 0 fully saturated rings. The quantitative estimate of drug-likeness (QED) is 0.827. The number of hydrogen-bond donors (Lipinski definition) is 1. The molecule has 1 N–H and O–H groups in total. The molecule has 0 aromatic heterocycles. The van der Waals surface area contributed by atoms with Crippen molar-refractivity contribution in [2.75, 3.05) is 12.4 Å². The molecular formula is C18H20BrNO. The number of hydrogen-bond acceptors (Lipinski definition) is 2. The smallest absolute Gasteiger partial charge is 0.119 e. The van der Waals surface area contributed by atoms with Gasteiger partial charge in [-0.1, -0.05) is 22.0 Å². The minimum absolute atomic E-state index is 0.370. The monoisotopic (exact) mass is 345 g/mol. The van der Waals surface area contributed by atoms with E-state index in [-0.39, 0.29) is 0 Å². The van der Waals surface area contributed by atoms with Crippen molar-refractivity contribution in [3.05, 3.63) is 57.1 Å². The van der Waals surface area contributed by atoms with Crippen LogP contribution < -0.4 is 10.1 Å². The van der Waals surface area contributed by atoms with Gasteiger partial charge in [0, 0.05) is 10.2 Å². The van der Waals surface area contributed by atoms with Crippen LogP contribution in [0, 0.1) is 13.8 Å². The van der Waals surface area contributed by atoms with Crippen LogP contribution in [0.4, 0.5) is 5.69 Å². The Morgan fingerprint density at radius 2 is 1.86 bits per heavy atom. The van der Waals surface area contributed by atoms with Gasteiger partial charge in [0.05, 0.1) is 13.2 Å². The summed E-state index contributed by atoms with van der Waals surface area (Å²) in [5.41, 5.74) is 6.52. The van der Waals surface area contributed by atoms with E-state index in [9.17, 15) is 0 Å². The van der Waals surface area contributed by atoms with Crippen LogP contribution in [0.5, 0.6) is 5.75 Å². The molecule has 0 spiro atoms. The Labute approximate surface area is 134 Å². The van der Waals surface area contributed by atoms with Gasteiger partial charge in [-0.3, -0.25) is 0 Å². The van der Waals surface area contributed by atoms with Gasteiger partial charge in [-0.2, -0.15) is 0 Å². The molecule has 0 bridgehead atoms. The number of rotatable bonds is 3. The van der Waals surface area contributed by atoms with Crippen LogP contribution in [-0.4, -0.2) is 7.11 Å². The third-order valence-electron chi connectivity index (χ3n) is 4.21. The summed E-state index contributed by atoms with van der Waals surface area (Å²) in [5.74, 6) is 0.936. The van der Waals surface area contributed by atoms with Crippen LogP contribution in [-0.2, 0) is 6.42 Å². The van der Waals surface area contributed by atoms with Gasteiger partial charge in [-0.05, 0) is 73.2 Å². The van der Waals surface area contributed by atoms with Crippen molar-refractivity contribution in [1.29, 1.82) is 0 Å². The van der Waals surface area contributed by atoms with E-state index in [1.165, 1.54) is 32.4 Å². The minimum Gasteiger partial charge on any atom is -0.497 e. The molecule has 0 saturated heterocycles. The lowest BCUT2D eigenvalue weighted by Gasteiger charge is -2.18. The van der Waals surface area contributed by atoms with Crippen LogP contribution >= 0.6 is 15.9 Å². The fraction of sp³-hybridized carbons (Fsp3) is 0.333. The van der Waals surface area contributed by atoms with E-state index in [1.54, 1.807) is 7.11 Å². The normalized spacial score (nSPS) is 16.7. The fourth-order valence-electron chi connectivity index (χ4n) is 3.09. The Balaban J connectivity index is 1.88. The summed E-state index contributed by atoms with van der Waals surface area (Å²) < 4.78 is 6.55. The summed E-state index contributed by atoms with van der Waals surface area (Å²) in [7, 11) is 1.72. The number of ether oxygens (including phenoxy) is 1. The Morgan fingerprint density at radius 1 is 1.14 bits per heavy atom. The lowest BCUT2D eigenvalue weighted by Crippen LogP contribution is -2.07. The topological polar surface area (TPSA) is 21.3 Å². The van der Waals surface area contributed by atoms with Crippen LogP contribution in [0.25, 0.3) is 0 Å². The first-order valence-corrected chi connectivity index (χ1v) is 8.08. The standard InChI is InChI=1S/C18H20BrNO/c1-11-8-14(9-12(2)18(11)19)20-17-7-5-13-4-6-15(21-3)10-16(13)17/h4,6,8-10,17,20H,5,7H2,1-3H3. The molecular weight excluding hydrogens is 326 g/mol. The molecule has 0 aliphatic heterocycles. The summed E-state index contributed by atoms with van der Waals surface area (Å²) in [6, 6.07) is 11.2. The molecule has 1 aliphatic carbocycles. The molecule has 2 aromatic carbocycles. The van der Waals surface area contributed by atoms with E-state index in [4.69, 9.17) is 4.74 Å². The van der Waals surface area contributed by atoms with E-state index >= 15 is 0 Å². The van der Waals surface area contributed by atoms with Crippen molar-refractivity contribution in [3.8, 4) is 5.75 Å². The van der Waals surface area contributed by atoms with Crippen molar-refractivity contribution in [1.82, 2.24) is 0 Å². The van der Waals surface area contributed by atoms with Crippen LogP contribution in [0.1, 0.15) is 34.7 Å². The van der Waals surface area contributed by atoms with Crippen molar-refractivity contribution in [2.45, 2.75) is 32.7 Å². The summed E-state index contributed by atoms with van der Waals surface area (Å²) in [6.45, 7) is 4.27. The highest BCUT2D eigenvalue weighted by Gasteiger charge is 2.23. The van der Waals surface area contributed by atoms with Gasteiger partial charge >= 0.3 is 0 Å². The molecule has 1 atom stereocenters. The fourth-order valence-corrected chi connectivity index (χ4v) is 3.32. The average molecular weight is 346 g/mol. The highest BCUT2D eigenvalue weighted by Crippen LogP contribution is 2.37. The van der Waals surface area contributed by atoms with Gasteiger partial charge in [0.1, 0.15) is 5.75 Å². The Morgan fingerprint density at radius 3 is 2.52 bits per heavy atom. The maximum absolute atomic E-state index is 5.36. The zero-order valence-electron chi connectivity index (χ0n) is 12.7. The van der Waals surface area contributed by atoms with Crippen molar-refractivity contribution >= 4 is 21.6 Å². The molecule has 0 amide bonds. The molecule has 2 aromatic rings. The second kappa shape index (κ2) is 5.72. The Hall–Kier alpha value is -1.48. The molecule has 1 unspecified atom stereocenters. The van der Waals surface area contributed by atoms with Gasteiger partial charge in [-0.25, -0.2) is 0 Å². The summed E-state index contributed by atoms with van der Waals surface area (Å²) in [6.07, 6.45) is 2.27. The predicted molar refractivity (Wildman–Crippen MR) is 91.3 cm³/mol. The predicted octanol–water partition coefficient (Wildman–Crippen LogP) is 5.17.